The number of rotatable bonds is 17. The van der Waals surface area contributed by atoms with Crippen molar-refractivity contribution in [3.63, 3.8) is 0 Å². The Balaban J connectivity index is 0. The van der Waals surface area contributed by atoms with Crippen molar-refractivity contribution in [1.82, 2.24) is 25.3 Å². The van der Waals surface area contributed by atoms with Gasteiger partial charge in [-0.3, -0.25) is 4.90 Å². The van der Waals surface area contributed by atoms with Crippen LogP contribution >= 0.6 is 0 Å². The Hall–Kier alpha value is -0.320. The summed E-state index contributed by atoms with van der Waals surface area (Å²) in [4.78, 5) is 6.98. The summed E-state index contributed by atoms with van der Waals surface area (Å²) in [6.45, 7) is 11.7. The van der Waals surface area contributed by atoms with E-state index in [1.165, 1.54) is 32.5 Å². The Bertz CT molecular complexity index is 229. The lowest BCUT2D eigenvalue weighted by Gasteiger charge is -2.24. The average Bonchev–Trinajstić information content (AvgIpc) is 2.61. The Morgan fingerprint density at radius 2 is 0.962 bits per heavy atom. The lowest BCUT2D eigenvalue weighted by molar-refractivity contribution is 0.235. The van der Waals surface area contributed by atoms with E-state index in [1.54, 1.807) is 0 Å². The maximum absolute atomic E-state index is 5.37. The second kappa shape index (κ2) is 22.7. The van der Waals surface area contributed by atoms with E-state index in [0.717, 1.165) is 39.3 Å². The summed E-state index contributed by atoms with van der Waals surface area (Å²) in [5, 5.41) is 6.41. The molecule has 160 valence electrons. The van der Waals surface area contributed by atoms with Gasteiger partial charge in [0, 0.05) is 52.4 Å². The normalized spacial score (nSPS) is 11.3. The van der Waals surface area contributed by atoms with E-state index in [4.69, 9.17) is 17.2 Å². The Labute approximate surface area is 162 Å². The lowest BCUT2D eigenvalue weighted by atomic mass is 10.3. The van der Waals surface area contributed by atoms with Gasteiger partial charge in [0.2, 0.25) is 0 Å². The molecule has 0 saturated carbocycles. The number of nitrogens with one attached hydrogen (secondary N) is 2. The van der Waals surface area contributed by atoms with Gasteiger partial charge < -0.3 is 37.6 Å². The summed E-state index contributed by atoms with van der Waals surface area (Å²) in [7, 11) is 8.31. The van der Waals surface area contributed by atoms with Crippen LogP contribution in [0.4, 0.5) is 0 Å². The molecular formula is C18H48N8. The van der Waals surface area contributed by atoms with Crippen molar-refractivity contribution in [1.29, 1.82) is 0 Å². The Morgan fingerprint density at radius 1 is 0.577 bits per heavy atom. The van der Waals surface area contributed by atoms with Gasteiger partial charge in [-0.15, -0.1) is 0 Å². The zero-order valence-electron chi connectivity index (χ0n) is 18.0. The minimum atomic E-state index is 0.681. The topological polar surface area (TPSA) is 112 Å². The minimum Gasteiger partial charge on any atom is -0.329 e. The van der Waals surface area contributed by atoms with Crippen LogP contribution in [-0.4, -0.2) is 121 Å². The van der Waals surface area contributed by atoms with Gasteiger partial charge in [0.25, 0.3) is 0 Å². The number of likely N-dealkylation sites (N-methyl/N-ethyl adjacent to an activating group) is 1. The van der Waals surface area contributed by atoms with Gasteiger partial charge in [0.05, 0.1) is 0 Å². The standard InChI is InChI=1S/C12H30N4.C6H18N4/c1-13-7-5-9-16(10-6-8-14-2)12-11-15(3)4;7-1-4-10(5-2-8)6-3-9/h13-14H,5-12H2,1-4H3;1-9H2. The molecular weight excluding hydrogens is 328 g/mol. The maximum Gasteiger partial charge on any atom is 0.0109 e. The summed E-state index contributed by atoms with van der Waals surface area (Å²) >= 11 is 0. The highest BCUT2D eigenvalue weighted by molar-refractivity contribution is 4.61. The van der Waals surface area contributed by atoms with Crippen LogP contribution < -0.4 is 27.8 Å². The van der Waals surface area contributed by atoms with Crippen molar-refractivity contribution in [2.24, 2.45) is 17.2 Å². The predicted molar refractivity (Wildman–Crippen MR) is 116 cm³/mol. The summed E-state index contributed by atoms with van der Waals surface area (Å²) in [5.41, 5.74) is 16.1. The third-order valence-electron chi connectivity index (χ3n) is 4.00. The van der Waals surface area contributed by atoms with Gasteiger partial charge in [-0.2, -0.15) is 0 Å². The minimum absolute atomic E-state index is 0.681. The van der Waals surface area contributed by atoms with Gasteiger partial charge in [-0.25, -0.2) is 0 Å². The lowest BCUT2D eigenvalue weighted by Crippen LogP contribution is -2.37. The molecule has 0 unspecified atom stereocenters. The van der Waals surface area contributed by atoms with Gasteiger partial charge in [0.1, 0.15) is 0 Å². The fraction of sp³-hybridized carbons (Fsp3) is 1.00. The first-order valence-corrected chi connectivity index (χ1v) is 10.0. The second-order valence-corrected chi connectivity index (χ2v) is 6.77. The number of nitrogens with two attached hydrogens (primary N) is 3. The quantitative estimate of drug-likeness (QED) is 0.190. The Morgan fingerprint density at radius 3 is 1.27 bits per heavy atom. The molecule has 8 heteroatoms. The van der Waals surface area contributed by atoms with Crippen molar-refractivity contribution in [2.75, 3.05) is 107 Å². The van der Waals surface area contributed by atoms with Crippen LogP contribution in [0.3, 0.4) is 0 Å². The second-order valence-electron chi connectivity index (χ2n) is 6.77. The van der Waals surface area contributed by atoms with Crippen LogP contribution in [0.5, 0.6) is 0 Å². The molecule has 0 aromatic rings. The third kappa shape index (κ3) is 21.7. The number of hydrogen-bond acceptors (Lipinski definition) is 8. The van der Waals surface area contributed by atoms with Crippen molar-refractivity contribution in [3.8, 4) is 0 Å². The largest absolute Gasteiger partial charge is 0.329 e. The Kier molecular flexibility index (Phi) is 24.4. The fourth-order valence-electron chi connectivity index (χ4n) is 2.52. The van der Waals surface area contributed by atoms with E-state index >= 15 is 0 Å². The van der Waals surface area contributed by atoms with Crippen molar-refractivity contribution >= 4 is 0 Å². The first-order chi connectivity index (χ1) is 12.5. The summed E-state index contributed by atoms with van der Waals surface area (Å²) in [6, 6.07) is 0. The monoisotopic (exact) mass is 376 g/mol. The molecule has 0 spiro atoms. The maximum atomic E-state index is 5.37. The van der Waals surface area contributed by atoms with Gasteiger partial charge in [-0.1, -0.05) is 0 Å². The van der Waals surface area contributed by atoms with E-state index in [0.29, 0.717) is 19.6 Å². The molecule has 0 heterocycles. The number of hydrogen-bond donors (Lipinski definition) is 5. The fourth-order valence-corrected chi connectivity index (χ4v) is 2.52. The molecule has 0 aliphatic rings. The molecule has 0 amide bonds. The molecule has 0 aromatic heterocycles. The molecule has 26 heavy (non-hydrogen) atoms. The first kappa shape index (κ1) is 27.9. The molecule has 0 atom stereocenters. The molecule has 0 aliphatic carbocycles. The predicted octanol–water partition coefficient (Wildman–Crippen LogP) is -1.77. The van der Waals surface area contributed by atoms with E-state index in [1.807, 2.05) is 14.1 Å². The smallest absolute Gasteiger partial charge is 0.0109 e. The van der Waals surface area contributed by atoms with E-state index < -0.39 is 0 Å². The molecule has 0 fully saturated rings. The highest BCUT2D eigenvalue weighted by Gasteiger charge is 2.04. The van der Waals surface area contributed by atoms with Gasteiger partial charge in [-0.05, 0) is 67.2 Å². The molecule has 0 saturated heterocycles. The number of nitrogens with zero attached hydrogens (tertiary/aromatic N) is 3. The molecule has 0 radical (unpaired) electrons. The zero-order valence-corrected chi connectivity index (χ0v) is 18.0. The van der Waals surface area contributed by atoms with Crippen LogP contribution in [0.25, 0.3) is 0 Å². The molecule has 0 aromatic carbocycles. The third-order valence-corrected chi connectivity index (χ3v) is 4.00. The van der Waals surface area contributed by atoms with Crippen LogP contribution in [0, 0.1) is 0 Å². The molecule has 8 nitrogen and oxygen atoms in total. The first-order valence-electron chi connectivity index (χ1n) is 10.0. The highest BCUT2D eigenvalue weighted by atomic mass is 15.2. The molecule has 0 bridgehead atoms. The average molecular weight is 377 g/mol. The van der Waals surface area contributed by atoms with Crippen LogP contribution in [0.2, 0.25) is 0 Å². The van der Waals surface area contributed by atoms with E-state index in [2.05, 4.69) is 39.4 Å². The molecule has 0 rings (SSSR count). The van der Waals surface area contributed by atoms with Crippen molar-refractivity contribution in [3.05, 3.63) is 0 Å². The summed E-state index contributed by atoms with van der Waals surface area (Å²) < 4.78 is 0. The van der Waals surface area contributed by atoms with Crippen LogP contribution in [-0.2, 0) is 0 Å². The summed E-state index contributed by atoms with van der Waals surface area (Å²) in [5.74, 6) is 0. The SMILES string of the molecule is CNCCCN(CCCNC)CCN(C)C.NCCN(CCN)CCN. The zero-order chi connectivity index (χ0) is 20.0. The van der Waals surface area contributed by atoms with Crippen molar-refractivity contribution < 1.29 is 0 Å². The van der Waals surface area contributed by atoms with Gasteiger partial charge in [0.15, 0.2) is 0 Å². The highest BCUT2D eigenvalue weighted by Crippen LogP contribution is 1.94. The van der Waals surface area contributed by atoms with E-state index in [9.17, 15) is 0 Å². The van der Waals surface area contributed by atoms with Gasteiger partial charge >= 0.3 is 0 Å². The van der Waals surface area contributed by atoms with Crippen LogP contribution in [0.1, 0.15) is 12.8 Å². The molecule has 8 N–H and O–H groups in total. The van der Waals surface area contributed by atoms with Crippen molar-refractivity contribution in [2.45, 2.75) is 12.8 Å². The molecule has 0 aliphatic heterocycles. The van der Waals surface area contributed by atoms with E-state index in [-0.39, 0.29) is 0 Å². The van der Waals surface area contributed by atoms with Crippen LogP contribution in [0.15, 0.2) is 0 Å². The summed E-state index contributed by atoms with van der Waals surface area (Å²) in [6.07, 6.45) is 2.48.